The molecule has 1 heterocycles. The lowest BCUT2D eigenvalue weighted by Gasteiger charge is -2.14. The van der Waals surface area contributed by atoms with Crippen molar-refractivity contribution < 1.29 is 9.47 Å². The van der Waals surface area contributed by atoms with Crippen molar-refractivity contribution in [3.05, 3.63) is 30.0 Å². The quantitative estimate of drug-likeness (QED) is 0.815. The van der Waals surface area contributed by atoms with Gasteiger partial charge in [-0.15, -0.1) is 0 Å². The van der Waals surface area contributed by atoms with Crippen LogP contribution in [0.3, 0.4) is 0 Å². The second-order valence-electron chi connectivity index (χ2n) is 5.67. The maximum absolute atomic E-state index is 5.89. The first-order valence-electron chi connectivity index (χ1n) is 7.38. The third-order valence-corrected chi connectivity index (χ3v) is 3.70. The van der Waals surface area contributed by atoms with E-state index in [2.05, 4.69) is 44.0 Å². The zero-order valence-corrected chi connectivity index (χ0v) is 12.9. The predicted molar refractivity (Wildman–Crippen MR) is 83.5 cm³/mol. The van der Waals surface area contributed by atoms with Gasteiger partial charge in [0.15, 0.2) is 0 Å². The highest BCUT2D eigenvalue weighted by Gasteiger charge is 2.08. The summed E-state index contributed by atoms with van der Waals surface area (Å²) in [6.45, 7) is 8.00. The Balaban J connectivity index is 2.07. The summed E-state index contributed by atoms with van der Waals surface area (Å²) in [6.07, 6.45) is 1.07. The molecule has 2 aromatic rings. The smallest absolute Gasteiger partial charge is 0.121 e. The number of aromatic nitrogens is 1. The number of methoxy groups -OCH3 is 1. The fraction of sp³-hybridized carbons (Fsp3) is 0.529. The molecular weight excluding hydrogens is 250 g/mol. The molecule has 3 nitrogen and oxygen atoms in total. The van der Waals surface area contributed by atoms with Crippen molar-refractivity contribution in [2.45, 2.75) is 33.1 Å². The van der Waals surface area contributed by atoms with E-state index in [1.54, 1.807) is 7.11 Å². The molecule has 0 aliphatic heterocycles. The first kappa shape index (κ1) is 14.9. The normalized spacial score (nSPS) is 13.1. The van der Waals surface area contributed by atoms with Crippen LogP contribution in [-0.2, 0) is 4.74 Å². The van der Waals surface area contributed by atoms with Gasteiger partial charge in [0.2, 0.25) is 0 Å². The molecule has 0 saturated heterocycles. The Morgan fingerprint density at radius 2 is 1.95 bits per heavy atom. The number of fused-ring (bicyclic) bond motifs is 1. The van der Waals surface area contributed by atoms with Gasteiger partial charge in [-0.3, -0.25) is 0 Å². The number of hydrogen-bond acceptors (Lipinski definition) is 2. The second kappa shape index (κ2) is 6.80. The van der Waals surface area contributed by atoms with Crippen LogP contribution in [-0.4, -0.2) is 25.3 Å². The minimum absolute atomic E-state index is 0.450. The third kappa shape index (κ3) is 3.54. The summed E-state index contributed by atoms with van der Waals surface area (Å²) in [5, 5.41) is 1.24. The maximum Gasteiger partial charge on any atom is 0.121 e. The van der Waals surface area contributed by atoms with Gasteiger partial charge in [0.05, 0.1) is 13.2 Å². The second-order valence-corrected chi connectivity index (χ2v) is 5.67. The molecule has 110 valence electrons. The minimum Gasteiger partial charge on any atom is -0.493 e. The highest BCUT2D eigenvalue weighted by Crippen LogP contribution is 2.25. The fourth-order valence-electron chi connectivity index (χ4n) is 2.26. The lowest BCUT2D eigenvalue weighted by Crippen LogP contribution is -2.16. The first-order chi connectivity index (χ1) is 9.63. The van der Waals surface area contributed by atoms with Crippen molar-refractivity contribution in [2.75, 3.05) is 20.3 Å². The molecule has 0 fully saturated rings. The zero-order valence-electron chi connectivity index (χ0n) is 12.9. The molecular formula is C17H25NO2. The molecule has 1 atom stereocenters. The molecule has 0 spiro atoms. The Morgan fingerprint density at radius 1 is 1.15 bits per heavy atom. The molecule has 0 radical (unpaired) electrons. The van der Waals surface area contributed by atoms with Crippen LogP contribution in [0.25, 0.3) is 10.9 Å². The number of nitrogens with one attached hydrogen (secondary N) is 1. The van der Waals surface area contributed by atoms with Crippen molar-refractivity contribution in [1.29, 1.82) is 0 Å². The summed E-state index contributed by atoms with van der Waals surface area (Å²) in [5.41, 5.74) is 2.41. The summed E-state index contributed by atoms with van der Waals surface area (Å²) >= 11 is 0. The van der Waals surface area contributed by atoms with Crippen molar-refractivity contribution in [2.24, 2.45) is 5.92 Å². The van der Waals surface area contributed by atoms with Gasteiger partial charge < -0.3 is 14.5 Å². The highest BCUT2D eigenvalue weighted by molar-refractivity contribution is 5.82. The summed E-state index contributed by atoms with van der Waals surface area (Å²) in [6, 6.07) is 8.45. The van der Waals surface area contributed by atoms with E-state index in [4.69, 9.17) is 9.47 Å². The fourth-order valence-corrected chi connectivity index (χ4v) is 2.26. The molecule has 0 bridgehead atoms. The number of hydrogen-bond donors (Lipinski definition) is 1. The zero-order chi connectivity index (χ0) is 14.5. The van der Waals surface area contributed by atoms with E-state index >= 15 is 0 Å². The Labute approximate surface area is 121 Å². The Bertz CT molecular complexity index is 545. The SMILES string of the molecule is CCC(COC)COc1ccc2cc(C(C)C)[nH]c2c1. The summed E-state index contributed by atoms with van der Waals surface area (Å²) in [4.78, 5) is 3.46. The van der Waals surface area contributed by atoms with E-state index in [1.807, 2.05) is 6.07 Å². The van der Waals surface area contributed by atoms with Crippen LogP contribution in [0.1, 0.15) is 38.8 Å². The number of aromatic amines is 1. The topological polar surface area (TPSA) is 34.2 Å². The Morgan fingerprint density at radius 3 is 2.60 bits per heavy atom. The summed E-state index contributed by atoms with van der Waals surface area (Å²) < 4.78 is 11.1. The molecule has 20 heavy (non-hydrogen) atoms. The van der Waals surface area contributed by atoms with Crippen LogP contribution in [0, 0.1) is 5.92 Å². The molecule has 2 rings (SSSR count). The van der Waals surface area contributed by atoms with Crippen LogP contribution >= 0.6 is 0 Å². The van der Waals surface area contributed by atoms with Crippen LogP contribution in [0.4, 0.5) is 0 Å². The van der Waals surface area contributed by atoms with Crippen molar-refractivity contribution in [3.8, 4) is 5.75 Å². The van der Waals surface area contributed by atoms with E-state index in [-0.39, 0.29) is 0 Å². The molecule has 0 aliphatic rings. The lowest BCUT2D eigenvalue weighted by molar-refractivity contribution is 0.116. The number of benzene rings is 1. The van der Waals surface area contributed by atoms with E-state index < -0.39 is 0 Å². The van der Waals surface area contributed by atoms with Gasteiger partial charge in [-0.1, -0.05) is 20.8 Å². The van der Waals surface area contributed by atoms with Gasteiger partial charge in [-0.05, 0) is 35.9 Å². The number of H-pyrrole nitrogens is 1. The Hall–Kier alpha value is -1.48. The van der Waals surface area contributed by atoms with Gasteiger partial charge in [0, 0.05) is 30.3 Å². The lowest BCUT2D eigenvalue weighted by atomic mass is 10.1. The van der Waals surface area contributed by atoms with Gasteiger partial charge >= 0.3 is 0 Å². The van der Waals surface area contributed by atoms with Crippen molar-refractivity contribution in [3.63, 3.8) is 0 Å². The molecule has 3 heteroatoms. The summed E-state index contributed by atoms with van der Waals surface area (Å²) in [5.74, 6) is 1.88. The summed E-state index contributed by atoms with van der Waals surface area (Å²) in [7, 11) is 1.74. The average molecular weight is 275 g/mol. The third-order valence-electron chi connectivity index (χ3n) is 3.70. The standard InChI is InChI=1S/C17H25NO2/c1-5-13(10-19-4)11-20-15-7-6-14-8-16(12(2)3)18-17(14)9-15/h6-9,12-13,18H,5,10-11H2,1-4H3. The highest BCUT2D eigenvalue weighted by atomic mass is 16.5. The monoisotopic (exact) mass is 275 g/mol. The van der Waals surface area contributed by atoms with Crippen LogP contribution < -0.4 is 4.74 Å². The van der Waals surface area contributed by atoms with Crippen LogP contribution in [0.5, 0.6) is 5.75 Å². The van der Waals surface area contributed by atoms with Gasteiger partial charge in [-0.25, -0.2) is 0 Å². The van der Waals surface area contributed by atoms with Crippen molar-refractivity contribution in [1.82, 2.24) is 4.98 Å². The Kier molecular flexibility index (Phi) is 5.07. The average Bonchev–Trinajstić information content (AvgIpc) is 2.86. The largest absolute Gasteiger partial charge is 0.493 e. The predicted octanol–water partition coefficient (Wildman–Crippen LogP) is 4.34. The first-order valence-corrected chi connectivity index (χ1v) is 7.38. The molecule has 1 N–H and O–H groups in total. The molecule has 1 unspecified atom stereocenters. The van der Waals surface area contributed by atoms with Crippen molar-refractivity contribution >= 4 is 10.9 Å². The van der Waals surface area contributed by atoms with E-state index in [0.717, 1.165) is 24.3 Å². The van der Waals surface area contributed by atoms with E-state index in [9.17, 15) is 0 Å². The van der Waals surface area contributed by atoms with Gasteiger partial charge in [0.1, 0.15) is 5.75 Å². The molecule has 1 aromatic heterocycles. The molecule has 1 aromatic carbocycles. The van der Waals surface area contributed by atoms with E-state index in [1.165, 1.54) is 11.1 Å². The number of ether oxygens (including phenoxy) is 2. The van der Waals surface area contributed by atoms with Gasteiger partial charge in [0.25, 0.3) is 0 Å². The molecule has 0 saturated carbocycles. The van der Waals surface area contributed by atoms with E-state index in [0.29, 0.717) is 18.4 Å². The van der Waals surface area contributed by atoms with Crippen LogP contribution in [0.15, 0.2) is 24.3 Å². The molecule has 0 amide bonds. The minimum atomic E-state index is 0.450. The number of rotatable bonds is 7. The maximum atomic E-state index is 5.89. The molecule has 0 aliphatic carbocycles. The van der Waals surface area contributed by atoms with Gasteiger partial charge in [-0.2, -0.15) is 0 Å². The van der Waals surface area contributed by atoms with Crippen LogP contribution in [0.2, 0.25) is 0 Å².